The van der Waals surface area contributed by atoms with Gasteiger partial charge in [-0.15, -0.1) is 0 Å². The summed E-state index contributed by atoms with van der Waals surface area (Å²) >= 11 is 0. The van der Waals surface area contributed by atoms with Crippen LogP contribution in [0.2, 0.25) is 0 Å². The van der Waals surface area contributed by atoms with Crippen molar-refractivity contribution in [1.82, 2.24) is 9.38 Å². The van der Waals surface area contributed by atoms with Crippen LogP contribution < -0.4 is 0 Å². The Hall–Kier alpha value is -2.69. The van der Waals surface area contributed by atoms with Crippen LogP contribution in [0.25, 0.3) is 16.9 Å². The molecule has 0 atom stereocenters. The lowest BCUT2D eigenvalue weighted by Gasteiger charge is -2.04. The number of benzene rings is 1. The van der Waals surface area contributed by atoms with Gasteiger partial charge in [0.05, 0.1) is 22.8 Å². The number of rotatable bonds is 2. The van der Waals surface area contributed by atoms with E-state index in [1.54, 1.807) is 34.9 Å². The molecule has 19 heavy (non-hydrogen) atoms. The lowest BCUT2D eigenvalue weighted by atomic mass is 10.2. The molecule has 2 heterocycles. The summed E-state index contributed by atoms with van der Waals surface area (Å²) in [6.07, 6.45) is 3.10. The van der Waals surface area contributed by atoms with Crippen LogP contribution in [0, 0.1) is 5.82 Å². The lowest BCUT2D eigenvalue weighted by molar-refractivity contribution is 0.0698. The van der Waals surface area contributed by atoms with Crippen molar-refractivity contribution in [2.24, 2.45) is 0 Å². The van der Waals surface area contributed by atoms with Crippen molar-refractivity contribution in [3.8, 4) is 11.4 Å². The molecule has 0 saturated heterocycles. The number of hydrogen-bond acceptors (Lipinski definition) is 2. The summed E-state index contributed by atoms with van der Waals surface area (Å²) in [4.78, 5) is 15.2. The predicted molar refractivity (Wildman–Crippen MR) is 67.5 cm³/mol. The summed E-state index contributed by atoms with van der Waals surface area (Å²) in [6, 6.07) is 9.35. The molecule has 2 aromatic heterocycles. The molecule has 0 bridgehead atoms. The number of halogens is 1. The molecule has 94 valence electrons. The second-order valence-electron chi connectivity index (χ2n) is 4.04. The molecule has 0 aliphatic carbocycles. The van der Waals surface area contributed by atoms with Gasteiger partial charge >= 0.3 is 5.97 Å². The molecular weight excluding hydrogens is 247 g/mol. The van der Waals surface area contributed by atoms with E-state index in [0.717, 1.165) is 0 Å². The number of aromatic carboxylic acids is 1. The van der Waals surface area contributed by atoms with Gasteiger partial charge in [-0.25, -0.2) is 14.2 Å². The van der Waals surface area contributed by atoms with Gasteiger partial charge in [0.25, 0.3) is 0 Å². The molecule has 0 aliphatic heterocycles. The number of hydrogen-bond donors (Lipinski definition) is 1. The van der Waals surface area contributed by atoms with Gasteiger partial charge in [-0.1, -0.05) is 12.1 Å². The highest BCUT2D eigenvalue weighted by Crippen LogP contribution is 2.23. The summed E-state index contributed by atoms with van der Waals surface area (Å²) in [5.41, 5.74) is 0.913. The Balaban J connectivity index is 2.31. The van der Waals surface area contributed by atoms with Crippen molar-refractivity contribution in [1.29, 1.82) is 0 Å². The minimum Gasteiger partial charge on any atom is -0.478 e. The van der Waals surface area contributed by atoms with Gasteiger partial charge in [0.1, 0.15) is 11.6 Å². The molecule has 0 fully saturated rings. The zero-order chi connectivity index (χ0) is 13.4. The topological polar surface area (TPSA) is 54.6 Å². The maximum atomic E-state index is 13.8. The Morgan fingerprint density at radius 1 is 1.21 bits per heavy atom. The monoisotopic (exact) mass is 256 g/mol. The average Bonchev–Trinajstić information content (AvgIpc) is 2.82. The average molecular weight is 256 g/mol. The van der Waals surface area contributed by atoms with Crippen LogP contribution >= 0.6 is 0 Å². The van der Waals surface area contributed by atoms with Crippen LogP contribution in [0.15, 0.2) is 48.8 Å². The largest absolute Gasteiger partial charge is 0.478 e. The molecule has 4 nitrogen and oxygen atoms in total. The smallest absolute Gasteiger partial charge is 0.337 e. The Labute approximate surface area is 107 Å². The summed E-state index contributed by atoms with van der Waals surface area (Å²) in [5.74, 6) is -1.04. The fourth-order valence-electron chi connectivity index (χ4n) is 2.04. The summed E-state index contributed by atoms with van der Waals surface area (Å²) in [5, 5.41) is 9.10. The number of fused-ring (bicyclic) bond motifs is 1. The Kier molecular flexibility index (Phi) is 2.52. The third-order valence-corrected chi connectivity index (χ3v) is 2.92. The van der Waals surface area contributed by atoms with E-state index in [-0.39, 0.29) is 5.56 Å². The molecule has 0 radical (unpaired) electrons. The molecule has 0 saturated carbocycles. The number of pyridine rings is 1. The van der Waals surface area contributed by atoms with Crippen LogP contribution in [-0.2, 0) is 0 Å². The summed E-state index contributed by atoms with van der Waals surface area (Å²) in [7, 11) is 0. The van der Waals surface area contributed by atoms with E-state index in [2.05, 4.69) is 4.98 Å². The van der Waals surface area contributed by atoms with E-state index >= 15 is 0 Å². The molecule has 5 heteroatoms. The Bertz CT molecular complexity index is 780. The molecule has 0 amide bonds. The molecular formula is C14H9FN2O2. The Morgan fingerprint density at radius 3 is 2.74 bits per heavy atom. The zero-order valence-electron chi connectivity index (χ0n) is 9.75. The molecule has 0 spiro atoms. The highest BCUT2D eigenvalue weighted by atomic mass is 19.1. The first-order chi connectivity index (χ1) is 9.18. The molecule has 1 N–H and O–H groups in total. The van der Waals surface area contributed by atoms with Crippen molar-refractivity contribution in [3.05, 3.63) is 60.2 Å². The van der Waals surface area contributed by atoms with Crippen LogP contribution in [-0.4, -0.2) is 20.5 Å². The number of imidazole rings is 1. The fourth-order valence-corrected chi connectivity index (χ4v) is 2.04. The van der Waals surface area contributed by atoms with E-state index in [0.29, 0.717) is 16.9 Å². The standard InChI is InChI=1S/C14H9FN2O2/c15-11-6-2-1-4-9(11)13-16-8-12-10(14(18)19)5-3-7-17(12)13/h1-8H,(H,18,19). The quantitative estimate of drug-likeness (QED) is 0.767. The van der Waals surface area contributed by atoms with Gasteiger partial charge in [-0.2, -0.15) is 0 Å². The SMILES string of the molecule is O=C(O)c1cccn2c(-c3ccccc3F)ncc12. The zero-order valence-corrected chi connectivity index (χ0v) is 9.75. The predicted octanol–water partition coefficient (Wildman–Crippen LogP) is 2.84. The van der Waals surface area contributed by atoms with E-state index in [1.165, 1.54) is 18.3 Å². The molecule has 3 rings (SSSR count). The molecule has 0 aliphatic rings. The summed E-state index contributed by atoms with van der Waals surface area (Å²) in [6.45, 7) is 0. The molecule has 1 aromatic carbocycles. The minimum absolute atomic E-state index is 0.137. The van der Waals surface area contributed by atoms with Crippen LogP contribution in [0.5, 0.6) is 0 Å². The Morgan fingerprint density at radius 2 is 2.00 bits per heavy atom. The van der Waals surface area contributed by atoms with E-state index < -0.39 is 11.8 Å². The maximum Gasteiger partial charge on any atom is 0.337 e. The second kappa shape index (κ2) is 4.20. The highest BCUT2D eigenvalue weighted by molar-refractivity contribution is 5.95. The van der Waals surface area contributed by atoms with E-state index in [4.69, 9.17) is 5.11 Å². The second-order valence-corrected chi connectivity index (χ2v) is 4.04. The minimum atomic E-state index is -1.04. The van der Waals surface area contributed by atoms with Gasteiger partial charge in [0.2, 0.25) is 0 Å². The number of nitrogens with zero attached hydrogens (tertiary/aromatic N) is 2. The number of aromatic nitrogens is 2. The lowest BCUT2D eigenvalue weighted by Crippen LogP contribution is -2.00. The van der Waals surface area contributed by atoms with Crippen molar-refractivity contribution in [3.63, 3.8) is 0 Å². The van der Waals surface area contributed by atoms with Gasteiger partial charge in [0.15, 0.2) is 0 Å². The first kappa shape index (κ1) is 11.4. The van der Waals surface area contributed by atoms with Crippen molar-refractivity contribution in [2.45, 2.75) is 0 Å². The third-order valence-electron chi connectivity index (χ3n) is 2.92. The normalized spacial score (nSPS) is 10.8. The van der Waals surface area contributed by atoms with Crippen LogP contribution in [0.3, 0.4) is 0 Å². The fraction of sp³-hybridized carbons (Fsp3) is 0. The van der Waals surface area contributed by atoms with Gasteiger partial charge in [-0.3, -0.25) is 4.40 Å². The third kappa shape index (κ3) is 1.76. The van der Waals surface area contributed by atoms with Crippen LogP contribution in [0.1, 0.15) is 10.4 Å². The van der Waals surface area contributed by atoms with Crippen molar-refractivity contribution < 1.29 is 14.3 Å². The number of carboxylic acid groups (broad SMARTS) is 1. The van der Waals surface area contributed by atoms with Gasteiger partial charge < -0.3 is 5.11 Å². The molecule has 0 unspecified atom stereocenters. The van der Waals surface area contributed by atoms with E-state index in [1.807, 2.05) is 0 Å². The summed E-state index contributed by atoms with van der Waals surface area (Å²) < 4.78 is 15.3. The highest BCUT2D eigenvalue weighted by Gasteiger charge is 2.14. The first-order valence-corrected chi connectivity index (χ1v) is 5.63. The number of carbonyl (C=O) groups is 1. The number of carboxylic acids is 1. The van der Waals surface area contributed by atoms with Crippen molar-refractivity contribution >= 4 is 11.5 Å². The first-order valence-electron chi connectivity index (χ1n) is 5.63. The van der Waals surface area contributed by atoms with Crippen LogP contribution in [0.4, 0.5) is 4.39 Å². The van der Waals surface area contributed by atoms with Gasteiger partial charge in [0, 0.05) is 6.20 Å². The maximum absolute atomic E-state index is 13.8. The van der Waals surface area contributed by atoms with E-state index in [9.17, 15) is 9.18 Å². The van der Waals surface area contributed by atoms with Gasteiger partial charge in [-0.05, 0) is 24.3 Å². The van der Waals surface area contributed by atoms with Crippen molar-refractivity contribution in [2.75, 3.05) is 0 Å². The molecule has 3 aromatic rings.